The van der Waals surface area contributed by atoms with Gasteiger partial charge in [0, 0.05) is 12.0 Å². The van der Waals surface area contributed by atoms with Crippen molar-refractivity contribution in [1.29, 1.82) is 0 Å². The number of carbonyl (C=O) groups is 1. The van der Waals surface area contributed by atoms with Crippen LogP contribution in [0.4, 0.5) is 5.69 Å². The monoisotopic (exact) mass is 328 g/mol. The van der Waals surface area contributed by atoms with Crippen molar-refractivity contribution in [2.45, 2.75) is 20.8 Å². The Morgan fingerprint density at radius 2 is 2.00 bits per heavy atom. The molecule has 1 saturated heterocycles. The minimum absolute atomic E-state index is 0. The minimum atomic E-state index is -0.0172. The molecule has 0 radical (unpaired) electrons. The zero-order chi connectivity index (χ0) is 15.2. The molecule has 0 spiro atoms. The fourth-order valence-electron chi connectivity index (χ4n) is 2.27. The second-order valence-electron chi connectivity index (χ2n) is 5.22. The molecule has 1 aliphatic rings. The quantitative estimate of drug-likeness (QED) is 0.808. The van der Waals surface area contributed by atoms with E-state index in [1.165, 1.54) is 0 Å². The maximum Gasteiger partial charge on any atom is 0.227 e. The number of benzene rings is 1. The van der Waals surface area contributed by atoms with Gasteiger partial charge in [-0.05, 0) is 45.0 Å². The van der Waals surface area contributed by atoms with Crippen LogP contribution in [0.2, 0.25) is 0 Å². The van der Waals surface area contributed by atoms with Gasteiger partial charge in [-0.1, -0.05) is 6.92 Å². The summed E-state index contributed by atoms with van der Waals surface area (Å²) >= 11 is 0. The zero-order valence-electron chi connectivity index (χ0n) is 13.3. The van der Waals surface area contributed by atoms with Crippen LogP contribution >= 0.6 is 12.4 Å². The van der Waals surface area contributed by atoms with E-state index in [1.54, 1.807) is 0 Å². The van der Waals surface area contributed by atoms with Crippen LogP contribution in [-0.4, -0.2) is 32.2 Å². The molecule has 0 aliphatic carbocycles. The summed E-state index contributed by atoms with van der Waals surface area (Å²) in [6.07, 6.45) is 0. The molecule has 2 rings (SSSR count). The number of carbonyl (C=O) groups excluding carboxylic acids is 1. The highest BCUT2D eigenvalue weighted by Gasteiger charge is 2.29. The third-order valence-electron chi connectivity index (χ3n) is 3.75. The van der Waals surface area contributed by atoms with Gasteiger partial charge < -0.3 is 20.1 Å². The van der Waals surface area contributed by atoms with Crippen molar-refractivity contribution in [1.82, 2.24) is 5.32 Å². The van der Waals surface area contributed by atoms with E-state index >= 15 is 0 Å². The van der Waals surface area contributed by atoms with Crippen LogP contribution in [0, 0.1) is 11.8 Å². The van der Waals surface area contributed by atoms with Crippen LogP contribution in [0.1, 0.15) is 20.8 Å². The van der Waals surface area contributed by atoms with E-state index in [9.17, 15) is 4.79 Å². The van der Waals surface area contributed by atoms with Gasteiger partial charge in [0.25, 0.3) is 0 Å². The second kappa shape index (κ2) is 8.86. The first-order chi connectivity index (χ1) is 10.2. The van der Waals surface area contributed by atoms with E-state index in [0.717, 1.165) is 18.8 Å². The molecule has 6 heteroatoms. The van der Waals surface area contributed by atoms with Gasteiger partial charge in [-0.15, -0.1) is 12.4 Å². The lowest BCUT2D eigenvalue weighted by Crippen LogP contribution is -2.48. The van der Waals surface area contributed by atoms with E-state index in [4.69, 9.17) is 9.47 Å². The van der Waals surface area contributed by atoms with Gasteiger partial charge in [0.1, 0.15) is 11.5 Å². The van der Waals surface area contributed by atoms with Crippen LogP contribution in [0.15, 0.2) is 18.2 Å². The van der Waals surface area contributed by atoms with Gasteiger partial charge in [-0.3, -0.25) is 4.79 Å². The SMILES string of the molecule is CCOc1ccc(OCC)c(NC(=O)C(C)C2CNC2)c1.Cl. The van der Waals surface area contributed by atoms with Crippen LogP contribution in [-0.2, 0) is 4.79 Å². The summed E-state index contributed by atoms with van der Waals surface area (Å²) in [4.78, 5) is 12.3. The number of hydrogen-bond donors (Lipinski definition) is 2. The van der Waals surface area contributed by atoms with Crippen LogP contribution in [0.3, 0.4) is 0 Å². The Hall–Kier alpha value is -1.46. The average molecular weight is 329 g/mol. The molecule has 1 aliphatic heterocycles. The molecular formula is C16H25ClN2O3. The Bertz CT molecular complexity index is 492. The molecule has 0 saturated carbocycles. The largest absolute Gasteiger partial charge is 0.494 e. The van der Waals surface area contributed by atoms with Crippen molar-refractivity contribution in [3.63, 3.8) is 0 Å². The number of halogens is 1. The van der Waals surface area contributed by atoms with Crippen molar-refractivity contribution in [2.75, 3.05) is 31.6 Å². The zero-order valence-corrected chi connectivity index (χ0v) is 14.2. The fraction of sp³-hybridized carbons (Fsp3) is 0.562. The lowest BCUT2D eigenvalue weighted by atomic mass is 9.88. The predicted octanol–water partition coefficient (Wildman–Crippen LogP) is 2.70. The van der Waals surface area contributed by atoms with E-state index < -0.39 is 0 Å². The minimum Gasteiger partial charge on any atom is -0.494 e. The van der Waals surface area contributed by atoms with E-state index in [-0.39, 0.29) is 24.2 Å². The normalized spacial score (nSPS) is 15.2. The number of hydrogen-bond acceptors (Lipinski definition) is 4. The van der Waals surface area contributed by atoms with Crippen molar-refractivity contribution >= 4 is 24.0 Å². The Morgan fingerprint density at radius 3 is 2.55 bits per heavy atom. The van der Waals surface area contributed by atoms with E-state index in [2.05, 4.69) is 10.6 Å². The van der Waals surface area contributed by atoms with Crippen molar-refractivity contribution < 1.29 is 14.3 Å². The second-order valence-corrected chi connectivity index (χ2v) is 5.22. The lowest BCUT2D eigenvalue weighted by Gasteiger charge is -2.31. The Morgan fingerprint density at radius 1 is 1.32 bits per heavy atom. The molecule has 1 fully saturated rings. The molecule has 2 N–H and O–H groups in total. The standard InChI is InChI=1S/C16H24N2O3.ClH/c1-4-20-13-6-7-15(21-5-2)14(8-13)18-16(19)11(3)12-9-17-10-12;/h6-8,11-12,17H,4-5,9-10H2,1-3H3,(H,18,19);1H. The van der Waals surface area contributed by atoms with Crippen molar-refractivity contribution in [3.05, 3.63) is 18.2 Å². The molecular weight excluding hydrogens is 304 g/mol. The Labute approximate surface area is 138 Å². The first-order valence-electron chi connectivity index (χ1n) is 7.56. The van der Waals surface area contributed by atoms with Gasteiger partial charge in [0.15, 0.2) is 0 Å². The smallest absolute Gasteiger partial charge is 0.227 e. The van der Waals surface area contributed by atoms with Crippen molar-refractivity contribution in [3.8, 4) is 11.5 Å². The molecule has 0 aromatic heterocycles. The molecule has 1 aromatic rings. The number of ether oxygens (including phenoxy) is 2. The highest BCUT2D eigenvalue weighted by atomic mass is 35.5. The summed E-state index contributed by atoms with van der Waals surface area (Å²) in [5.74, 6) is 1.82. The predicted molar refractivity (Wildman–Crippen MR) is 90.2 cm³/mol. The number of rotatable bonds is 7. The van der Waals surface area contributed by atoms with Crippen LogP contribution in [0.25, 0.3) is 0 Å². The van der Waals surface area contributed by atoms with Crippen molar-refractivity contribution in [2.24, 2.45) is 11.8 Å². The van der Waals surface area contributed by atoms with Gasteiger partial charge in [0.05, 0.1) is 18.9 Å². The topological polar surface area (TPSA) is 59.6 Å². The molecule has 1 unspecified atom stereocenters. The molecule has 1 heterocycles. The Kier molecular flexibility index (Phi) is 7.48. The summed E-state index contributed by atoms with van der Waals surface area (Å²) in [5, 5.41) is 6.17. The summed E-state index contributed by atoms with van der Waals surface area (Å²) in [5.41, 5.74) is 0.673. The van der Waals surface area contributed by atoms with Gasteiger partial charge in [-0.2, -0.15) is 0 Å². The highest BCUT2D eigenvalue weighted by molar-refractivity contribution is 5.94. The molecule has 22 heavy (non-hydrogen) atoms. The molecule has 1 amide bonds. The average Bonchev–Trinajstić information content (AvgIpc) is 2.40. The first-order valence-corrected chi connectivity index (χ1v) is 7.56. The lowest BCUT2D eigenvalue weighted by molar-refractivity contribution is -0.121. The summed E-state index contributed by atoms with van der Waals surface area (Å²) in [6.45, 7) is 8.78. The number of anilines is 1. The fourth-order valence-corrected chi connectivity index (χ4v) is 2.27. The third kappa shape index (κ3) is 4.52. The molecule has 0 bridgehead atoms. The molecule has 1 atom stereocenters. The van der Waals surface area contributed by atoms with Gasteiger partial charge in [0.2, 0.25) is 5.91 Å². The van der Waals surface area contributed by atoms with E-state index in [0.29, 0.717) is 30.6 Å². The third-order valence-corrected chi connectivity index (χ3v) is 3.75. The molecule has 1 aromatic carbocycles. The highest BCUT2D eigenvalue weighted by Crippen LogP contribution is 2.30. The Balaban J connectivity index is 0.00000242. The summed E-state index contributed by atoms with van der Waals surface area (Å²) < 4.78 is 11.1. The van der Waals surface area contributed by atoms with E-state index in [1.807, 2.05) is 39.0 Å². The summed E-state index contributed by atoms with van der Waals surface area (Å²) in [7, 11) is 0. The number of amides is 1. The van der Waals surface area contributed by atoms with Gasteiger partial charge in [-0.25, -0.2) is 0 Å². The first kappa shape index (κ1) is 18.6. The van der Waals surface area contributed by atoms with Crippen LogP contribution in [0.5, 0.6) is 11.5 Å². The maximum absolute atomic E-state index is 12.3. The maximum atomic E-state index is 12.3. The van der Waals surface area contributed by atoms with Gasteiger partial charge >= 0.3 is 0 Å². The summed E-state index contributed by atoms with van der Waals surface area (Å²) in [6, 6.07) is 5.50. The van der Waals surface area contributed by atoms with Crippen LogP contribution < -0.4 is 20.1 Å². The number of nitrogens with one attached hydrogen (secondary N) is 2. The molecule has 5 nitrogen and oxygen atoms in total. The molecule has 124 valence electrons.